The van der Waals surface area contributed by atoms with Gasteiger partial charge in [0.25, 0.3) is 0 Å². The summed E-state index contributed by atoms with van der Waals surface area (Å²) in [5, 5.41) is 319. The standard InChI is InChI=1S/C82H56O52/c83-26-1-16(2-27(84)48(26)95)71(112)122-14-39-66(68-70(81(125-39)133-72(113)17-3-28(85)49(96)29(86)4-17)132-78(119)23-11-36(93)55(102)62(109)45(23)43-21(76(117)130-68)9-34(91)53(100)60(43)107)128-80(121)25-13-38(57(104)64(111)47(25)94)124-37-12-24-46(63(110)56(37)103)41-19(7-32(89)51(98)58(41)105)74(115)123-15-40-65(127-79(24)120)67-69(82(126-40)134-73(114)18-5-30(87)50(97)31(88)6-18)131-77(118)22-10-35(92)54(101)61(108)44(22)42-20(75(116)129-67)8-33(90)52(99)59(42)106/h1-13,39-40,65-70,81-111H,14-15H2/t39-,40-,65-,66-,67+,68+,69-,70-,81+,82+/m1/s1. The number of carbonyl (C=O) groups excluding carboxylic acids is 10. The molecule has 52 heteroatoms. The van der Waals surface area contributed by atoms with Crippen LogP contribution in [-0.2, 0) is 56.8 Å². The summed E-state index contributed by atoms with van der Waals surface area (Å²) in [6.07, 6.45) is -28.4. The highest BCUT2D eigenvalue weighted by molar-refractivity contribution is 6.12. The van der Waals surface area contributed by atoms with Crippen LogP contribution in [0.3, 0.4) is 0 Å². The maximum Gasteiger partial charge on any atom is 0.342 e. The van der Waals surface area contributed by atoms with Crippen molar-refractivity contribution in [3.8, 4) is 212 Å². The molecule has 0 spiro atoms. The van der Waals surface area contributed by atoms with Crippen LogP contribution < -0.4 is 4.74 Å². The predicted octanol–water partition coefficient (Wildman–Crippen LogP) is 3.71. The third-order valence-electron chi connectivity index (χ3n) is 21.0. The smallest absolute Gasteiger partial charge is 0.342 e. The number of rotatable bonds is 11. The second-order valence-electron chi connectivity index (χ2n) is 29.0. The van der Waals surface area contributed by atoms with Crippen LogP contribution in [0.4, 0.5) is 0 Å². The summed E-state index contributed by atoms with van der Waals surface area (Å²) in [4.78, 5) is 149. The molecule has 5 heterocycles. The van der Waals surface area contributed by atoms with E-state index in [1.54, 1.807) is 0 Å². The van der Waals surface area contributed by atoms with Crippen molar-refractivity contribution in [2.45, 2.75) is 61.4 Å². The lowest BCUT2D eigenvalue weighted by Gasteiger charge is -2.44. The molecule has 0 aromatic heterocycles. The summed E-state index contributed by atoms with van der Waals surface area (Å²) in [5.41, 5.74) is -20.6. The van der Waals surface area contributed by atoms with Crippen molar-refractivity contribution in [3.63, 3.8) is 0 Å². The van der Waals surface area contributed by atoms with Gasteiger partial charge in [-0.15, -0.1) is 0 Å². The van der Waals surface area contributed by atoms with Crippen molar-refractivity contribution >= 4 is 59.7 Å². The normalized spacial score (nSPS) is 19.5. The molecule has 0 radical (unpaired) electrons. The van der Waals surface area contributed by atoms with Crippen LogP contribution in [0.25, 0.3) is 33.4 Å². The first-order valence-corrected chi connectivity index (χ1v) is 37.1. The van der Waals surface area contributed by atoms with Crippen molar-refractivity contribution in [3.05, 3.63) is 134 Å². The molecule has 0 amide bonds. The molecule has 52 nitrogen and oxygen atoms in total. The van der Waals surface area contributed by atoms with Crippen molar-refractivity contribution in [1.82, 2.24) is 0 Å². The Bertz CT molecular complexity index is 6800. The summed E-state index contributed by atoms with van der Waals surface area (Å²) in [6, 6.07) is 4.19. The van der Waals surface area contributed by atoms with Gasteiger partial charge < -0.3 is 210 Å². The van der Waals surface area contributed by atoms with Crippen LogP contribution in [0, 0.1) is 0 Å². The van der Waals surface area contributed by atoms with Gasteiger partial charge in [-0.05, 0) is 66.7 Å². The number of carbonyl (C=O) groups is 10. The molecule has 0 aliphatic carbocycles. The van der Waals surface area contributed by atoms with Crippen molar-refractivity contribution in [2.75, 3.05) is 13.2 Å². The lowest BCUT2D eigenvalue weighted by molar-refractivity contribution is -0.283. The summed E-state index contributed by atoms with van der Waals surface area (Å²) in [6.45, 7) is -3.17. The van der Waals surface area contributed by atoms with Crippen LogP contribution in [0.1, 0.15) is 104 Å². The van der Waals surface area contributed by atoms with E-state index < -0.39 is 402 Å². The van der Waals surface area contributed by atoms with Crippen molar-refractivity contribution < 1.29 is 258 Å². The largest absolute Gasteiger partial charge is 0.504 e. The van der Waals surface area contributed by atoms with Crippen molar-refractivity contribution in [2.24, 2.45) is 0 Å². The van der Waals surface area contributed by atoms with Crippen LogP contribution in [0.5, 0.6) is 178 Å². The lowest BCUT2D eigenvalue weighted by atomic mass is 9.91. The third-order valence-corrected chi connectivity index (χ3v) is 21.0. The Morgan fingerprint density at radius 2 is 0.560 bits per heavy atom. The topological polar surface area (TPSA) is 877 Å². The molecule has 0 saturated carbocycles. The molecule has 15 rings (SSSR count). The molecule has 2 fully saturated rings. The van der Waals surface area contributed by atoms with Gasteiger partial charge in [-0.1, -0.05) is 0 Å². The average molecular weight is 1870 g/mol. The van der Waals surface area contributed by atoms with Gasteiger partial charge in [0.2, 0.25) is 70.8 Å². The highest BCUT2D eigenvalue weighted by Gasteiger charge is 2.59. The molecule has 10 atom stereocenters. The number of hydrogen-bond acceptors (Lipinski definition) is 52. The van der Waals surface area contributed by atoms with Gasteiger partial charge >= 0.3 is 59.7 Å². The molecule has 10 aromatic carbocycles. The van der Waals surface area contributed by atoms with E-state index in [4.69, 9.17) is 61.6 Å². The maximum atomic E-state index is 15.8. The molecular formula is C82H56O52. The fraction of sp³-hybridized carbons (Fsp3) is 0.146. The first-order valence-electron chi connectivity index (χ1n) is 37.1. The van der Waals surface area contributed by atoms with E-state index >= 15 is 19.2 Å². The zero-order valence-electron chi connectivity index (χ0n) is 65.6. The van der Waals surface area contributed by atoms with Gasteiger partial charge in [0, 0.05) is 45.5 Å². The number of phenolic OH excluding ortho intramolecular Hbond substituents is 29. The van der Waals surface area contributed by atoms with E-state index in [9.17, 15) is 177 Å². The Hall–Kier alpha value is -19.2. The number of phenols is 29. The van der Waals surface area contributed by atoms with Crippen LogP contribution in [0.2, 0.25) is 0 Å². The Morgan fingerprint density at radius 1 is 0.269 bits per heavy atom. The first-order chi connectivity index (χ1) is 63.1. The van der Waals surface area contributed by atoms with Crippen LogP contribution >= 0.6 is 0 Å². The van der Waals surface area contributed by atoms with Crippen LogP contribution in [-0.4, -0.2) is 282 Å². The van der Waals surface area contributed by atoms with E-state index in [2.05, 4.69) is 0 Å². The quantitative estimate of drug-likeness (QED) is 0.0498. The highest BCUT2D eigenvalue weighted by atomic mass is 16.8. The Morgan fingerprint density at radius 3 is 0.940 bits per heavy atom. The van der Waals surface area contributed by atoms with Gasteiger partial charge in [-0.3, -0.25) is 0 Å². The Kier molecular flexibility index (Phi) is 22.0. The number of hydrogen-bond donors (Lipinski definition) is 29. The molecule has 5 aliphatic rings. The Labute approximate surface area is 735 Å². The molecule has 5 aliphatic heterocycles. The van der Waals surface area contributed by atoms with E-state index in [0.29, 0.717) is 36.4 Å². The number of fused-ring (bicyclic) bond motifs is 13. The monoisotopic (exact) mass is 1870 g/mol. The number of esters is 10. The lowest BCUT2D eigenvalue weighted by Crippen LogP contribution is -2.63. The maximum absolute atomic E-state index is 15.8. The molecule has 0 unspecified atom stereocenters. The molecule has 2 saturated heterocycles. The molecule has 0 bridgehead atoms. The second kappa shape index (κ2) is 32.9. The number of cyclic esters (lactones) is 1. The summed E-state index contributed by atoms with van der Waals surface area (Å²) >= 11 is 0. The van der Waals surface area contributed by atoms with E-state index in [-0.39, 0.29) is 42.5 Å². The van der Waals surface area contributed by atoms with Gasteiger partial charge in [-0.2, -0.15) is 0 Å². The number of aromatic hydroxyl groups is 29. The minimum absolute atomic E-state index is 0.0832. The van der Waals surface area contributed by atoms with E-state index in [1.165, 1.54) is 0 Å². The second-order valence-corrected chi connectivity index (χ2v) is 29.0. The van der Waals surface area contributed by atoms with Crippen LogP contribution in [0.15, 0.2) is 78.9 Å². The SMILES string of the molecule is O=C(OC[C@H]1O[C@@H](OC(=O)c2cc(O)c(O)c(O)c2)[C@@H]2OC(=O)c3cc(O)c(O)c(O)c3-c3c(cc(O)c(O)c3O)C(=O)O[C@H]2[C@@H]1OC(=O)c1cc(Oc2cc3c(c(O)c2O)-c2c(cc(O)c(O)c2O)C(=O)OC[C@H]2O[C@@H](OC(=O)c4cc(O)c(O)c(O)c4)[C@@H]4OC(=O)c5cc(O)c(O)c(O)c5-c5c(cc(O)c(O)c5O)C(=O)O[C@H]4[C@@H]2OC3=O)c(O)c(O)c1O)c1cc(O)c(O)c(O)c1. The van der Waals surface area contributed by atoms with E-state index in [0.717, 1.165) is 0 Å². The minimum Gasteiger partial charge on any atom is -0.504 e. The Balaban J connectivity index is 0.871. The molecule has 134 heavy (non-hydrogen) atoms. The van der Waals surface area contributed by atoms with Gasteiger partial charge in [0.1, 0.15) is 31.0 Å². The fourth-order valence-electron chi connectivity index (χ4n) is 14.5. The minimum atomic E-state index is -2.98. The van der Waals surface area contributed by atoms with Crippen molar-refractivity contribution in [1.29, 1.82) is 0 Å². The van der Waals surface area contributed by atoms with Gasteiger partial charge in [0.15, 0.2) is 157 Å². The number of ether oxygens (including phenoxy) is 13. The fourth-order valence-corrected chi connectivity index (χ4v) is 14.5. The highest BCUT2D eigenvalue weighted by Crippen LogP contribution is 2.60. The molecule has 29 N–H and O–H groups in total. The number of benzene rings is 10. The van der Waals surface area contributed by atoms with Gasteiger partial charge in [0.05, 0.1) is 50.1 Å². The average Bonchev–Trinajstić information content (AvgIpc) is 1.55. The zero-order chi connectivity index (χ0) is 97.5. The molecule has 696 valence electrons. The molecular weight excluding hydrogens is 1820 g/mol. The first kappa shape index (κ1) is 89.6. The third kappa shape index (κ3) is 15.0. The summed E-state index contributed by atoms with van der Waals surface area (Å²) in [5.74, 6) is -67.1. The van der Waals surface area contributed by atoms with Gasteiger partial charge in [-0.25, -0.2) is 47.9 Å². The summed E-state index contributed by atoms with van der Waals surface area (Å²) < 4.78 is 74.3. The van der Waals surface area contributed by atoms with E-state index in [1.807, 2.05) is 0 Å². The summed E-state index contributed by atoms with van der Waals surface area (Å²) in [7, 11) is 0. The zero-order valence-corrected chi connectivity index (χ0v) is 65.6. The molecule has 10 aromatic rings. The predicted molar refractivity (Wildman–Crippen MR) is 414 cm³/mol.